The Morgan fingerprint density at radius 3 is 2.33 bits per heavy atom. The number of benzene rings is 2. The van der Waals surface area contributed by atoms with E-state index in [0.29, 0.717) is 42.9 Å². The quantitative estimate of drug-likeness (QED) is 0.300. The third-order valence-corrected chi connectivity index (χ3v) is 11.1. The van der Waals surface area contributed by atoms with Crippen molar-refractivity contribution in [3.63, 3.8) is 0 Å². The van der Waals surface area contributed by atoms with Crippen LogP contribution in [0.1, 0.15) is 23.8 Å². The number of hydrogen-bond donors (Lipinski definition) is 0. The first kappa shape index (κ1) is 26.5. The van der Waals surface area contributed by atoms with Crippen LogP contribution in [0.25, 0.3) is 21.6 Å². The Morgan fingerprint density at radius 2 is 1.67 bits per heavy atom. The van der Waals surface area contributed by atoms with Crippen molar-refractivity contribution in [2.45, 2.75) is 31.1 Å². The zero-order chi connectivity index (χ0) is 27.3. The van der Waals surface area contributed by atoms with Crippen LogP contribution in [0.2, 0.25) is 5.02 Å². The summed E-state index contributed by atoms with van der Waals surface area (Å²) >= 11 is 7.78. The smallest absolute Gasteiger partial charge is 0.243 e. The highest BCUT2D eigenvalue weighted by Crippen LogP contribution is 2.42. The normalized spacial score (nSPS) is 18.4. The summed E-state index contributed by atoms with van der Waals surface area (Å²) in [5, 5.41) is 1.68. The fourth-order valence-corrected chi connectivity index (χ4v) is 8.41. The van der Waals surface area contributed by atoms with Crippen molar-refractivity contribution in [1.82, 2.24) is 14.3 Å². The first-order valence-electron chi connectivity index (χ1n) is 13.3. The number of rotatable bonds is 5. The van der Waals surface area contributed by atoms with Gasteiger partial charge < -0.3 is 9.80 Å². The van der Waals surface area contributed by atoms with E-state index in [-0.39, 0.29) is 4.90 Å². The van der Waals surface area contributed by atoms with Crippen LogP contribution in [0.15, 0.2) is 53.4 Å². The number of thiophene rings is 1. The standard InChI is InChI=1S/C29H32ClN5O2S2/c1-19-4-13-24-25(18-19)38-29-26(24)28(31-27(32-29)20-5-9-22(10-6-20)33(2)3)34-14-16-35(17-15-34)39(36,37)23-11-7-21(30)8-12-23/h5-12,19H,4,13-18H2,1-3H3. The number of aromatic nitrogens is 2. The lowest BCUT2D eigenvalue weighted by Crippen LogP contribution is -2.49. The maximum Gasteiger partial charge on any atom is 0.243 e. The van der Waals surface area contributed by atoms with E-state index in [4.69, 9.17) is 21.6 Å². The molecule has 2 aromatic carbocycles. The van der Waals surface area contributed by atoms with E-state index in [1.807, 2.05) is 14.1 Å². The molecule has 3 heterocycles. The van der Waals surface area contributed by atoms with Crippen molar-refractivity contribution in [2.75, 3.05) is 50.1 Å². The van der Waals surface area contributed by atoms with Gasteiger partial charge >= 0.3 is 0 Å². The minimum Gasteiger partial charge on any atom is -0.378 e. The zero-order valence-electron chi connectivity index (χ0n) is 22.4. The Bertz CT molecular complexity index is 1610. The van der Waals surface area contributed by atoms with Gasteiger partial charge in [-0.15, -0.1) is 11.3 Å². The minimum absolute atomic E-state index is 0.272. The number of piperazine rings is 1. The van der Waals surface area contributed by atoms with E-state index >= 15 is 0 Å². The summed E-state index contributed by atoms with van der Waals surface area (Å²) in [6.45, 7) is 4.25. The molecule has 0 N–H and O–H groups in total. The Balaban J connectivity index is 1.36. The summed E-state index contributed by atoms with van der Waals surface area (Å²) in [5.41, 5.74) is 3.49. The molecular formula is C29H32ClN5O2S2. The van der Waals surface area contributed by atoms with Gasteiger partial charge in [-0.05, 0) is 79.3 Å². The van der Waals surface area contributed by atoms with Crippen molar-refractivity contribution in [2.24, 2.45) is 5.92 Å². The van der Waals surface area contributed by atoms with Crippen molar-refractivity contribution >= 4 is 54.7 Å². The molecule has 1 aliphatic carbocycles. The van der Waals surface area contributed by atoms with Gasteiger partial charge in [-0.2, -0.15) is 4.31 Å². The number of nitrogens with zero attached hydrogens (tertiary/aromatic N) is 5. The van der Waals surface area contributed by atoms with Crippen LogP contribution in [-0.2, 0) is 22.9 Å². The molecule has 2 aromatic heterocycles. The highest BCUT2D eigenvalue weighted by atomic mass is 35.5. The van der Waals surface area contributed by atoms with Crippen LogP contribution in [-0.4, -0.2) is 63.0 Å². The van der Waals surface area contributed by atoms with Gasteiger partial charge in [0.15, 0.2) is 5.82 Å². The van der Waals surface area contributed by atoms with Gasteiger partial charge in [0.1, 0.15) is 10.6 Å². The Morgan fingerprint density at radius 1 is 0.974 bits per heavy atom. The monoisotopic (exact) mass is 581 g/mol. The number of aryl methyl sites for hydroxylation is 1. The molecule has 10 heteroatoms. The predicted molar refractivity (Wildman–Crippen MR) is 161 cm³/mol. The van der Waals surface area contributed by atoms with Gasteiger partial charge in [0.05, 0.1) is 10.3 Å². The molecule has 0 amide bonds. The lowest BCUT2D eigenvalue weighted by molar-refractivity contribution is 0.384. The molecule has 7 nitrogen and oxygen atoms in total. The molecule has 2 aliphatic rings. The van der Waals surface area contributed by atoms with Gasteiger partial charge in [0.25, 0.3) is 0 Å². The lowest BCUT2D eigenvalue weighted by atomic mass is 9.89. The highest BCUT2D eigenvalue weighted by Gasteiger charge is 2.32. The molecule has 1 atom stereocenters. The molecule has 1 aliphatic heterocycles. The fraction of sp³-hybridized carbons (Fsp3) is 0.379. The van der Waals surface area contributed by atoms with E-state index in [1.54, 1.807) is 39.9 Å². The SMILES string of the molecule is CC1CCc2c(sc3nc(-c4ccc(N(C)C)cc4)nc(N4CCN(S(=O)(=O)c5ccc(Cl)cc5)CC4)c23)C1. The highest BCUT2D eigenvalue weighted by molar-refractivity contribution is 7.89. The average molecular weight is 582 g/mol. The predicted octanol–water partition coefficient (Wildman–Crippen LogP) is 5.71. The molecule has 0 bridgehead atoms. The summed E-state index contributed by atoms with van der Waals surface area (Å²) in [6.07, 6.45) is 3.28. The molecular weight excluding hydrogens is 550 g/mol. The minimum atomic E-state index is -3.59. The number of halogens is 1. The average Bonchev–Trinajstić information content (AvgIpc) is 3.30. The van der Waals surface area contributed by atoms with Crippen LogP contribution in [0.5, 0.6) is 0 Å². The van der Waals surface area contributed by atoms with E-state index < -0.39 is 10.0 Å². The van der Waals surface area contributed by atoms with Crippen molar-refractivity contribution in [3.8, 4) is 11.4 Å². The molecule has 204 valence electrons. The molecule has 39 heavy (non-hydrogen) atoms. The maximum atomic E-state index is 13.3. The number of hydrogen-bond acceptors (Lipinski definition) is 7. The fourth-order valence-electron chi connectivity index (χ4n) is 5.49. The van der Waals surface area contributed by atoms with Crippen molar-refractivity contribution < 1.29 is 8.42 Å². The lowest BCUT2D eigenvalue weighted by Gasteiger charge is -2.35. The van der Waals surface area contributed by atoms with Crippen LogP contribution < -0.4 is 9.80 Å². The van der Waals surface area contributed by atoms with Gasteiger partial charge in [-0.3, -0.25) is 0 Å². The largest absolute Gasteiger partial charge is 0.378 e. The zero-order valence-corrected chi connectivity index (χ0v) is 24.8. The molecule has 0 radical (unpaired) electrons. The van der Waals surface area contributed by atoms with Crippen molar-refractivity contribution in [3.05, 3.63) is 64.0 Å². The topological polar surface area (TPSA) is 69.6 Å². The first-order valence-corrected chi connectivity index (χ1v) is 15.9. The number of fused-ring (bicyclic) bond motifs is 3. The van der Waals surface area contributed by atoms with Gasteiger partial charge in [-0.1, -0.05) is 18.5 Å². The van der Waals surface area contributed by atoms with Gasteiger partial charge in [-0.25, -0.2) is 18.4 Å². The van der Waals surface area contributed by atoms with Crippen LogP contribution in [0, 0.1) is 5.92 Å². The second-order valence-corrected chi connectivity index (χ2v) is 14.1. The summed E-state index contributed by atoms with van der Waals surface area (Å²) < 4.78 is 28.1. The van der Waals surface area contributed by atoms with E-state index in [2.05, 4.69) is 41.0 Å². The third-order valence-electron chi connectivity index (χ3n) is 7.77. The Labute approximate surface area is 239 Å². The Hall–Kier alpha value is -2.72. The van der Waals surface area contributed by atoms with Gasteiger partial charge in [0.2, 0.25) is 10.0 Å². The second-order valence-electron chi connectivity index (χ2n) is 10.7. The first-order chi connectivity index (χ1) is 18.7. The molecule has 4 aromatic rings. The van der Waals surface area contributed by atoms with Crippen LogP contribution in [0.4, 0.5) is 11.5 Å². The number of anilines is 2. The molecule has 1 fully saturated rings. The molecule has 0 saturated carbocycles. The number of sulfonamides is 1. The molecule has 0 spiro atoms. The van der Waals surface area contributed by atoms with Gasteiger partial charge in [0, 0.05) is 61.4 Å². The van der Waals surface area contributed by atoms with Crippen LogP contribution in [0.3, 0.4) is 0 Å². The molecule has 6 rings (SSSR count). The van der Waals surface area contributed by atoms with E-state index in [9.17, 15) is 8.42 Å². The summed E-state index contributed by atoms with van der Waals surface area (Å²) in [4.78, 5) is 17.3. The van der Waals surface area contributed by atoms with Crippen LogP contribution >= 0.6 is 22.9 Å². The molecule has 1 unspecified atom stereocenters. The summed E-state index contributed by atoms with van der Waals surface area (Å²) in [6, 6.07) is 14.7. The van der Waals surface area contributed by atoms with E-state index in [1.165, 1.54) is 16.9 Å². The molecule has 1 saturated heterocycles. The summed E-state index contributed by atoms with van der Waals surface area (Å²) in [5.74, 6) is 2.31. The third kappa shape index (κ3) is 5.01. The maximum absolute atomic E-state index is 13.3. The van der Waals surface area contributed by atoms with Crippen molar-refractivity contribution in [1.29, 1.82) is 0 Å². The van der Waals surface area contributed by atoms with E-state index in [0.717, 1.165) is 40.1 Å². The second kappa shape index (κ2) is 10.4. The summed E-state index contributed by atoms with van der Waals surface area (Å²) in [7, 11) is 0.469. The Kier molecular flexibility index (Phi) is 7.03.